The fourth-order valence-electron chi connectivity index (χ4n) is 6.73. The summed E-state index contributed by atoms with van der Waals surface area (Å²) >= 11 is 0. The molecule has 4 heteroatoms. The Kier molecular flexibility index (Phi) is 5.15. The van der Waals surface area contributed by atoms with Crippen LogP contribution < -0.4 is 0 Å². The summed E-state index contributed by atoms with van der Waals surface area (Å²) in [5, 5.41) is 0. The Morgan fingerprint density at radius 1 is 1.12 bits per heavy atom. The van der Waals surface area contributed by atoms with Gasteiger partial charge < -0.3 is 9.64 Å². The number of carbonyl (C=O) groups excluding carboxylic acids is 2. The molecule has 4 aliphatic rings. The summed E-state index contributed by atoms with van der Waals surface area (Å²) in [6.07, 6.45) is 9.99. The van der Waals surface area contributed by atoms with Crippen LogP contribution in [0.2, 0.25) is 0 Å². The number of carbonyl (C=O) groups is 2. The van der Waals surface area contributed by atoms with Crippen LogP contribution >= 0.6 is 0 Å². The van der Waals surface area contributed by atoms with Gasteiger partial charge in [-0.3, -0.25) is 9.59 Å². The number of cyclic esters (lactones) is 1. The second kappa shape index (κ2) is 7.26. The van der Waals surface area contributed by atoms with Crippen molar-refractivity contribution >= 4 is 11.8 Å². The van der Waals surface area contributed by atoms with Crippen molar-refractivity contribution < 1.29 is 14.3 Å². The molecule has 26 heavy (non-hydrogen) atoms. The van der Waals surface area contributed by atoms with Crippen LogP contribution in [-0.2, 0) is 14.3 Å². The Labute approximate surface area is 158 Å². The molecule has 4 rings (SSSR count). The highest BCUT2D eigenvalue weighted by Crippen LogP contribution is 2.53. The Morgan fingerprint density at radius 3 is 2.69 bits per heavy atom. The molecule has 4 nitrogen and oxygen atoms in total. The van der Waals surface area contributed by atoms with Gasteiger partial charge in [0.1, 0.15) is 11.9 Å². The lowest BCUT2D eigenvalue weighted by Crippen LogP contribution is -2.49. The number of ketones is 1. The van der Waals surface area contributed by atoms with Crippen molar-refractivity contribution in [2.24, 2.45) is 29.6 Å². The molecule has 0 spiro atoms. The highest BCUT2D eigenvalue weighted by molar-refractivity contribution is 5.85. The average molecular weight is 362 g/mol. The number of piperidine rings is 1. The zero-order chi connectivity index (χ0) is 18.4. The van der Waals surface area contributed by atoms with Crippen LogP contribution in [0.4, 0.5) is 0 Å². The summed E-state index contributed by atoms with van der Waals surface area (Å²) in [5.74, 6) is 1.58. The second-order valence-electron chi connectivity index (χ2n) is 9.57. The minimum absolute atomic E-state index is 0.0266. The molecule has 0 bridgehead atoms. The minimum atomic E-state index is -0.0904. The smallest absolute Gasteiger partial charge is 0.309 e. The van der Waals surface area contributed by atoms with Crippen LogP contribution in [0.5, 0.6) is 0 Å². The molecule has 0 radical (unpaired) electrons. The van der Waals surface area contributed by atoms with Crippen molar-refractivity contribution in [3.05, 3.63) is 0 Å². The third-order valence-electron chi connectivity index (χ3n) is 8.25. The van der Waals surface area contributed by atoms with Gasteiger partial charge in [-0.2, -0.15) is 0 Å². The number of ether oxygens (including phenoxy) is 1. The average Bonchev–Trinajstić information content (AvgIpc) is 2.90. The number of hydrogen-bond donors (Lipinski definition) is 0. The first-order valence-electron chi connectivity index (χ1n) is 10.9. The maximum absolute atomic E-state index is 13.6. The normalized spacial score (nSPS) is 46.3. The van der Waals surface area contributed by atoms with Gasteiger partial charge in [0, 0.05) is 30.3 Å². The van der Waals surface area contributed by atoms with E-state index in [9.17, 15) is 9.59 Å². The number of hydrogen-bond acceptors (Lipinski definition) is 4. The van der Waals surface area contributed by atoms with Gasteiger partial charge in [-0.15, -0.1) is 0 Å². The summed E-state index contributed by atoms with van der Waals surface area (Å²) in [5.41, 5.74) is 0. The first-order valence-corrected chi connectivity index (χ1v) is 10.9. The molecule has 2 saturated heterocycles. The van der Waals surface area contributed by atoms with E-state index in [1.807, 2.05) is 6.92 Å². The van der Waals surface area contributed by atoms with Gasteiger partial charge in [-0.25, -0.2) is 0 Å². The number of nitrogens with zero attached hydrogens (tertiary/aromatic N) is 1. The van der Waals surface area contributed by atoms with Gasteiger partial charge in [-0.05, 0) is 58.4 Å². The van der Waals surface area contributed by atoms with Crippen molar-refractivity contribution in [2.45, 2.75) is 89.8 Å². The first kappa shape index (κ1) is 18.5. The summed E-state index contributed by atoms with van der Waals surface area (Å²) < 4.78 is 5.62. The summed E-state index contributed by atoms with van der Waals surface area (Å²) in [6, 6.07) is 0.945. The molecule has 2 heterocycles. The van der Waals surface area contributed by atoms with Crippen molar-refractivity contribution in [3.8, 4) is 0 Å². The molecule has 2 aliphatic heterocycles. The van der Waals surface area contributed by atoms with E-state index < -0.39 is 0 Å². The van der Waals surface area contributed by atoms with Crippen LogP contribution in [0.25, 0.3) is 0 Å². The monoisotopic (exact) mass is 361 g/mol. The van der Waals surface area contributed by atoms with E-state index in [2.05, 4.69) is 18.9 Å². The SMILES string of the molecule is C[C@@H]1OC(=O)[C@H]2C[C@H]3CCCC[C@@H]3[C@@H](C(=O)C[C@H]3CCC[C@H](C)N3C)[C@@H]12. The zero-order valence-electron chi connectivity index (χ0n) is 16.7. The third-order valence-corrected chi connectivity index (χ3v) is 8.25. The van der Waals surface area contributed by atoms with Crippen LogP contribution in [-0.4, -0.2) is 41.9 Å². The van der Waals surface area contributed by atoms with Gasteiger partial charge in [0.25, 0.3) is 0 Å². The van der Waals surface area contributed by atoms with Crippen LogP contribution in [0.1, 0.15) is 71.6 Å². The quantitative estimate of drug-likeness (QED) is 0.717. The second-order valence-corrected chi connectivity index (χ2v) is 9.57. The van der Waals surface area contributed by atoms with E-state index >= 15 is 0 Å². The zero-order valence-corrected chi connectivity index (χ0v) is 16.7. The first-order chi connectivity index (χ1) is 12.5. The molecule has 2 saturated carbocycles. The standard InChI is InChI=1S/C22H35NO3/c1-13-7-6-9-16(23(13)3)12-19(24)21-17-10-5-4-8-15(17)11-18-20(21)14(2)26-22(18)25/h13-18,20-21H,4-12H2,1-3H3/t13-,14-,15+,16+,17-,18-,20-,21-/m0/s1. The van der Waals surface area contributed by atoms with Crippen molar-refractivity contribution in [3.63, 3.8) is 0 Å². The van der Waals surface area contributed by atoms with E-state index in [1.165, 1.54) is 38.5 Å². The summed E-state index contributed by atoms with van der Waals surface area (Å²) in [4.78, 5) is 28.4. The molecule has 8 atom stereocenters. The van der Waals surface area contributed by atoms with Gasteiger partial charge in [0.15, 0.2) is 0 Å². The van der Waals surface area contributed by atoms with E-state index in [1.54, 1.807) is 0 Å². The summed E-state index contributed by atoms with van der Waals surface area (Å²) in [7, 11) is 2.18. The molecule has 0 aromatic heterocycles. The Balaban J connectivity index is 1.56. The highest BCUT2D eigenvalue weighted by Gasteiger charge is 2.56. The van der Waals surface area contributed by atoms with E-state index in [-0.39, 0.29) is 29.8 Å². The lowest BCUT2D eigenvalue weighted by atomic mass is 9.56. The number of Topliss-reactive ketones (excluding diaryl/α,β-unsaturated/α-hetero) is 1. The van der Waals surface area contributed by atoms with E-state index in [4.69, 9.17) is 4.74 Å². The van der Waals surface area contributed by atoms with Crippen molar-refractivity contribution in [1.29, 1.82) is 0 Å². The van der Waals surface area contributed by atoms with E-state index in [0.29, 0.717) is 36.1 Å². The van der Waals surface area contributed by atoms with Gasteiger partial charge in [-0.1, -0.05) is 25.7 Å². The molecular weight excluding hydrogens is 326 g/mol. The Hall–Kier alpha value is -0.900. The Morgan fingerprint density at radius 2 is 1.88 bits per heavy atom. The topological polar surface area (TPSA) is 46.6 Å². The van der Waals surface area contributed by atoms with Gasteiger partial charge in [0.05, 0.1) is 5.92 Å². The lowest BCUT2D eigenvalue weighted by Gasteiger charge is -2.47. The molecule has 0 unspecified atom stereocenters. The van der Waals surface area contributed by atoms with Gasteiger partial charge >= 0.3 is 5.97 Å². The maximum atomic E-state index is 13.6. The predicted molar refractivity (Wildman–Crippen MR) is 101 cm³/mol. The van der Waals surface area contributed by atoms with Crippen molar-refractivity contribution in [2.75, 3.05) is 7.05 Å². The molecule has 2 aliphatic carbocycles. The number of fused-ring (bicyclic) bond motifs is 2. The van der Waals surface area contributed by atoms with Crippen LogP contribution in [0.15, 0.2) is 0 Å². The molecule has 146 valence electrons. The number of esters is 1. The maximum Gasteiger partial charge on any atom is 0.309 e. The molecule has 0 N–H and O–H groups in total. The van der Waals surface area contributed by atoms with Crippen molar-refractivity contribution in [1.82, 2.24) is 4.90 Å². The number of rotatable bonds is 3. The highest BCUT2D eigenvalue weighted by atomic mass is 16.6. The summed E-state index contributed by atoms with van der Waals surface area (Å²) in [6.45, 7) is 4.29. The number of likely N-dealkylation sites (tertiary alicyclic amines) is 1. The van der Waals surface area contributed by atoms with Gasteiger partial charge in [0.2, 0.25) is 0 Å². The van der Waals surface area contributed by atoms with Crippen LogP contribution in [0, 0.1) is 29.6 Å². The van der Waals surface area contributed by atoms with E-state index in [0.717, 1.165) is 12.8 Å². The molecule has 0 aromatic carbocycles. The Bertz CT molecular complexity index is 562. The fourth-order valence-corrected chi connectivity index (χ4v) is 6.73. The molecule has 0 amide bonds. The fraction of sp³-hybridized carbons (Fsp3) is 0.909. The third kappa shape index (κ3) is 3.12. The minimum Gasteiger partial charge on any atom is -0.462 e. The molecule has 0 aromatic rings. The van der Waals surface area contributed by atoms with Crippen LogP contribution in [0.3, 0.4) is 0 Å². The molecular formula is C22H35NO3. The molecule has 4 fully saturated rings. The lowest BCUT2D eigenvalue weighted by molar-refractivity contribution is -0.144. The largest absolute Gasteiger partial charge is 0.462 e. The predicted octanol–water partition coefficient (Wildman–Crippen LogP) is 3.82.